The third-order valence-corrected chi connectivity index (χ3v) is 3.39. The van der Waals surface area contributed by atoms with Crippen LogP contribution < -0.4 is 5.32 Å². The Labute approximate surface area is 134 Å². The van der Waals surface area contributed by atoms with Gasteiger partial charge in [0, 0.05) is 12.6 Å². The summed E-state index contributed by atoms with van der Waals surface area (Å²) in [5, 5.41) is 7.47. The van der Waals surface area contributed by atoms with Crippen molar-refractivity contribution >= 4 is 5.91 Å². The van der Waals surface area contributed by atoms with Crippen LogP contribution in [0.4, 0.5) is 0 Å². The van der Waals surface area contributed by atoms with E-state index in [1.54, 1.807) is 23.1 Å². The fourth-order valence-corrected chi connectivity index (χ4v) is 2.24. The molecule has 23 heavy (non-hydrogen) atoms. The van der Waals surface area contributed by atoms with Gasteiger partial charge in [0.25, 0.3) is 5.91 Å². The summed E-state index contributed by atoms with van der Waals surface area (Å²) in [6.45, 7) is 4.74. The molecule has 0 aliphatic carbocycles. The summed E-state index contributed by atoms with van der Waals surface area (Å²) in [5.41, 5.74) is 1.96. The number of benzene rings is 1. The highest BCUT2D eigenvalue weighted by atomic mass is 16.3. The maximum atomic E-state index is 12.5. The third kappa shape index (κ3) is 3.34. The molecule has 0 unspecified atom stereocenters. The van der Waals surface area contributed by atoms with Gasteiger partial charge in [0.1, 0.15) is 11.4 Å². The minimum atomic E-state index is -0.146. The Morgan fingerprint density at radius 2 is 2.00 bits per heavy atom. The van der Waals surface area contributed by atoms with Gasteiger partial charge >= 0.3 is 0 Å². The summed E-state index contributed by atoms with van der Waals surface area (Å²) in [4.78, 5) is 12.5. The van der Waals surface area contributed by atoms with Crippen LogP contribution in [0.2, 0.25) is 0 Å². The standard InChI is InChI=1S/C18H19N3O2/c1-13(2)12-19-18(22)16-11-15(17-9-6-10-23-17)20-21(16)14-7-4-3-5-8-14/h3-11,13H,12H2,1-2H3,(H,19,22). The highest BCUT2D eigenvalue weighted by Crippen LogP contribution is 2.22. The Balaban J connectivity index is 2.00. The second-order valence-electron chi connectivity index (χ2n) is 5.74. The molecule has 2 aromatic heterocycles. The molecule has 1 N–H and O–H groups in total. The number of carbonyl (C=O) groups is 1. The van der Waals surface area contributed by atoms with Gasteiger partial charge in [0.15, 0.2) is 5.76 Å². The average molecular weight is 309 g/mol. The third-order valence-electron chi connectivity index (χ3n) is 3.39. The molecule has 2 heterocycles. The van der Waals surface area contributed by atoms with E-state index in [0.717, 1.165) is 5.69 Å². The van der Waals surface area contributed by atoms with Crippen LogP contribution in [0.3, 0.4) is 0 Å². The molecule has 0 radical (unpaired) electrons. The van der Waals surface area contributed by atoms with Crippen LogP contribution in [0.5, 0.6) is 0 Å². The van der Waals surface area contributed by atoms with Crippen molar-refractivity contribution in [3.05, 3.63) is 60.5 Å². The van der Waals surface area contributed by atoms with E-state index in [0.29, 0.717) is 29.6 Å². The van der Waals surface area contributed by atoms with Gasteiger partial charge in [-0.15, -0.1) is 0 Å². The zero-order valence-electron chi connectivity index (χ0n) is 13.2. The first-order valence-electron chi connectivity index (χ1n) is 7.62. The van der Waals surface area contributed by atoms with Crippen LogP contribution in [0.15, 0.2) is 59.2 Å². The number of carbonyl (C=O) groups excluding carboxylic acids is 1. The first-order chi connectivity index (χ1) is 11.1. The van der Waals surface area contributed by atoms with E-state index in [4.69, 9.17) is 4.42 Å². The van der Waals surface area contributed by atoms with E-state index in [1.807, 2.05) is 36.4 Å². The van der Waals surface area contributed by atoms with Gasteiger partial charge in [-0.25, -0.2) is 4.68 Å². The number of nitrogens with zero attached hydrogens (tertiary/aromatic N) is 2. The maximum absolute atomic E-state index is 12.5. The van der Waals surface area contributed by atoms with E-state index in [1.165, 1.54) is 0 Å². The summed E-state index contributed by atoms with van der Waals surface area (Å²) in [7, 11) is 0. The minimum absolute atomic E-state index is 0.146. The van der Waals surface area contributed by atoms with Crippen LogP contribution in [0, 0.1) is 5.92 Å². The molecule has 0 aliphatic rings. The van der Waals surface area contributed by atoms with Crippen molar-refractivity contribution < 1.29 is 9.21 Å². The van der Waals surface area contributed by atoms with Crippen molar-refractivity contribution in [2.24, 2.45) is 5.92 Å². The van der Waals surface area contributed by atoms with Gasteiger partial charge in [-0.1, -0.05) is 32.0 Å². The van der Waals surface area contributed by atoms with Gasteiger partial charge < -0.3 is 9.73 Å². The van der Waals surface area contributed by atoms with Crippen LogP contribution in [0.1, 0.15) is 24.3 Å². The molecule has 3 aromatic rings. The molecule has 0 spiro atoms. The molecule has 1 aromatic carbocycles. The number of hydrogen-bond acceptors (Lipinski definition) is 3. The zero-order valence-corrected chi connectivity index (χ0v) is 13.2. The fourth-order valence-electron chi connectivity index (χ4n) is 2.24. The zero-order chi connectivity index (χ0) is 16.2. The lowest BCUT2D eigenvalue weighted by Crippen LogP contribution is -2.29. The van der Waals surface area contributed by atoms with Crippen molar-refractivity contribution in [1.29, 1.82) is 0 Å². The van der Waals surface area contributed by atoms with Crippen molar-refractivity contribution in [3.8, 4) is 17.1 Å². The second kappa shape index (κ2) is 6.52. The fraction of sp³-hybridized carbons (Fsp3) is 0.222. The van der Waals surface area contributed by atoms with Gasteiger partial charge in [-0.05, 0) is 30.2 Å². The molecule has 0 fully saturated rings. The molecule has 118 valence electrons. The van der Waals surface area contributed by atoms with Gasteiger partial charge in [-0.2, -0.15) is 5.10 Å². The van der Waals surface area contributed by atoms with Crippen LogP contribution in [0.25, 0.3) is 17.1 Å². The summed E-state index contributed by atoms with van der Waals surface area (Å²) >= 11 is 0. The molecular weight excluding hydrogens is 290 g/mol. The van der Waals surface area contributed by atoms with Crippen LogP contribution in [-0.2, 0) is 0 Å². The number of rotatable bonds is 5. The molecule has 3 rings (SSSR count). The van der Waals surface area contributed by atoms with E-state index < -0.39 is 0 Å². The molecular formula is C18H19N3O2. The molecule has 1 amide bonds. The summed E-state index contributed by atoms with van der Waals surface area (Å²) in [6.07, 6.45) is 1.59. The molecule has 0 saturated carbocycles. The normalized spacial score (nSPS) is 10.9. The molecule has 5 heteroatoms. The van der Waals surface area contributed by atoms with Crippen molar-refractivity contribution in [1.82, 2.24) is 15.1 Å². The predicted octanol–water partition coefficient (Wildman–Crippen LogP) is 3.52. The molecule has 0 saturated heterocycles. The number of nitrogens with one attached hydrogen (secondary N) is 1. The number of furan rings is 1. The van der Waals surface area contributed by atoms with E-state index in [9.17, 15) is 4.79 Å². The van der Waals surface area contributed by atoms with E-state index in [-0.39, 0.29) is 5.91 Å². The largest absolute Gasteiger partial charge is 0.463 e. The summed E-state index contributed by atoms with van der Waals surface area (Å²) in [5.74, 6) is 0.877. The van der Waals surface area contributed by atoms with E-state index >= 15 is 0 Å². The smallest absolute Gasteiger partial charge is 0.270 e. The number of para-hydroxylation sites is 1. The van der Waals surface area contributed by atoms with Crippen LogP contribution in [-0.4, -0.2) is 22.2 Å². The lowest BCUT2D eigenvalue weighted by atomic mass is 10.2. The predicted molar refractivity (Wildman–Crippen MR) is 88.4 cm³/mol. The van der Waals surface area contributed by atoms with Crippen molar-refractivity contribution in [3.63, 3.8) is 0 Å². The molecule has 0 bridgehead atoms. The molecule has 0 aliphatic heterocycles. The first-order valence-corrected chi connectivity index (χ1v) is 7.62. The SMILES string of the molecule is CC(C)CNC(=O)c1cc(-c2ccco2)nn1-c1ccccc1. The van der Waals surface area contributed by atoms with Gasteiger partial charge in [-0.3, -0.25) is 4.79 Å². The topological polar surface area (TPSA) is 60.1 Å². The summed E-state index contributed by atoms with van der Waals surface area (Å²) < 4.78 is 7.04. The Morgan fingerprint density at radius 3 is 2.65 bits per heavy atom. The molecule has 5 nitrogen and oxygen atoms in total. The number of amides is 1. The lowest BCUT2D eigenvalue weighted by Gasteiger charge is -2.09. The quantitative estimate of drug-likeness (QED) is 0.784. The van der Waals surface area contributed by atoms with Crippen LogP contribution >= 0.6 is 0 Å². The highest BCUT2D eigenvalue weighted by molar-refractivity contribution is 5.94. The summed E-state index contributed by atoms with van der Waals surface area (Å²) in [6, 6.07) is 15.0. The number of hydrogen-bond donors (Lipinski definition) is 1. The Kier molecular flexibility index (Phi) is 4.28. The lowest BCUT2D eigenvalue weighted by molar-refractivity contribution is 0.0941. The Hall–Kier alpha value is -2.82. The monoisotopic (exact) mass is 309 g/mol. The van der Waals surface area contributed by atoms with E-state index in [2.05, 4.69) is 24.3 Å². The number of aromatic nitrogens is 2. The second-order valence-corrected chi connectivity index (χ2v) is 5.74. The average Bonchev–Trinajstić information content (AvgIpc) is 3.22. The van der Waals surface area contributed by atoms with Crippen molar-refractivity contribution in [2.75, 3.05) is 6.54 Å². The minimum Gasteiger partial charge on any atom is -0.463 e. The van der Waals surface area contributed by atoms with Crippen molar-refractivity contribution in [2.45, 2.75) is 13.8 Å². The highest BCUT2D eigenvalue weighted by Gasteiger charge is 2.18. The van der Waals surface area contributed by atoms with Gasteiger partial charge in [0.2, 0.25) is 0 Å². The Bertz CT molecular complexity index is 774. The molecule has 0 atom stereocenters. The maximum Gasteiger partial charge on any atom is 0.270 e. The van der Waals surface area contributed by atoms with Gasteiger partial charge in [0.05, 0.1) is 12.0 Å². The first kappa shape index (κ1) is 15.1. The Morgan fingerprint density at radius 1 is 1.22 bits per heavy atom.